The summed E-state index contributed by atoms with van der Waals surface area (Å²) >= 11 is 0. The average Bonchev–Trinajstić information content (AvgIpc) is 2.21. The van der Waals surface area contributed by atoms with Crippen LogP contribution in [0.3, 0.4) is 0 Å². The molecule has 1 N–H and O–H groups in total. The number of ether oxygens (including phenoxy) is 2. The minimum absolute atomic E-state index is 0.225. The molecule has 0 aromatic heterocycles. The molecule has 69 valence electrons. The van der Waals surface area contributed by atoms with Crippen LogP contribution in [-0.2, 0) is 9.47 Å². The van der Waals surface area contributed by atoms with Crippen molar-refractivity contribution >= 4 is 0 Å². The smallest absolute Gasteiger partial charge is 0.123 e. The van der Waals surface area contributed by atoms with Crippen LogP contribution < -0.4 is 5.32 Å². The zero-order valence-corrected chi connectivity index (χ0v) is 7.16. The van der Waals surface area contributed by atoms with Gasteiger partial charge in [0.1, 0.15) is 6.23 Å². The molecule has 12 heavy (non-hydrogen) atoms. The van der Waals surface area contributed by atoms with E-state index in [1.807, 2.05) is 0 Å². The van der Waals surface area contributed by atoms with Crippen LogP contribution in [-0.4, -0.2) is 50.6 Å². The Hall–Kier alpha value is -0.160. The quantitative estimate of drug-likeness (QED) is 0.572. The van der Waals surface area contributed by atoms with E-state index in [1.54, 1.807) is 0 Å². The minimum atomic E-state index is 0.225. The summed E-state index contributed by atoms with van der Waals surface area (Å²) in [5.41, 5.74) is 0. The zero-order valence-electron chi connectivity index (χ0n) is 7.16. The van der Waals surface area contributed by atoms with Crippen molar-refractivity contribution in [3.63, 3.8) is 0 Å². The van der Waals surface area contributed by atoms with E-state index in [-0.39, 0.29) is 6.23 Å². The van der Waals surface area contributed by atoms with Crippen molar-refractivity contribution < 1.29 is 9.47 Å². The van der Waals surface area contributed by atoms with Gasteiger partial charge in [0.2, 0.25) is 0 Å². The molecule has 1 unspecified atom stereocenters. The van der Waals surface area contributed by atoms with Gasteiger partial charge in [0.15, 0.2) is 0 Å². The predicted molar refractivity (Wildman–Crippen MR) is 44.4 cm³/mol. The van der Waals surface area contributed by atoms with E-state index in [2.05, 4.69) is 16.8 Å². The van der Waals surface area contributed by atoms with E-state index >= 15 is 0 Å². The van der Waals surface area contributed by atoms with Gasteiger partial charge >= 0.3 is 0 Å². The summed E-state index contributed by atoms with van der Waals surface area (Å²) in [5.74, 6) is 0. The first-order valence-electron chi connectivity index (χ1n) is 4.46. The van der Waals surface area contributed by atoms with Crippen LogP contribution in [0.2, 0.25) is 0 Å². The minimum Gasteiger partial charge on any atom is -0.378 e. The standard InChI is InChI=1S/C8H15N2O2/c1-4-12-8(7-9-1)10-2-5-11-6-3-10/h2,8-9H,1,3-7H2. The molecule has 0 saturated carbocycles. The summed E-state index contributed by atoms with van der Waals surface area (Å²) in [6, 6.07) is 0. The predicted octanol–water partition coefficient (Wildman–Crippen LogP) is -0.574. The average molecular weight is 171 g/mol. The molecule has 0 aromatic carbocycles. The molecule has 0 aliphatic carbocycles. The third kappa shape index (κ3) is 1.95. The number of hydrogen-bond donors (Lipinski definition) is 1. The van der Waals surface area contributed by atoms with Gasteiger partial charge in [0.05, 0.1) is 26.4 Å². The Bertz CT molecular complexity index is 115. The molecule has 2 saturated heterocycles. The molecule has 2 heterocycles. The highest BCUT2D eigenvalue weighted by Gasteiger charge is 2.23. The van der Waals surface area contributed by atoms with Crippen LogP contribution >= 0.6 is 0 Å². The highest BCUT2D eigenvalue weighted by atomic mass is 16.5. The normalized spacial score (nSPS) is 33.5. The van der Waals surface area contributed by atoms with Crippen molar-refractivity contribution in [1.29, 1.82) is 0 Å². The summed E-state index contributed by atoms with van der Waals surface area (Å²) in [6.45, 7) is 7.27. The van der Waals surface area contributed by atoms with Gasteiger partial charge in [0, 0.05) is 19.6 Å². The van der Waals surface area contributed by atoms with Crippen LogP contribution in [0.1, 0.15) is 0 Å². The lowest BCUT2D eigenvalue weighted by molar-refractivity contribution is -0.0890. The number of rotatable bonds is 1. The van der Waals surface area contributed by atoms with Gasteiger partial charge in [-0.1, -0.05) is 0 Å². The van der Waals surface area contributed by atoms with E-state index in [0.29, 0.717) is 0 Å². The number of hydrogen-bond acceptors (Lipinski definition) is 4. The van der Waals surface area contributed by atoms with Crippen molar-refractivity contribution in [2.45, 2.75) is 6.23 Å². The first-order valence-corrected chi connectivity index (χ1v) is 4.46. The molecule has 4 heteroatoms. The van der Waals surface area contributed by atoms with Crippen molar-refractivity contribution in [2.75, 3.05) is 39.5 Å². The number of nitrogens with one attached hydrogen (secondary N) is 1. The van der Waals surface area contributed by atoms with Crippen molar-refractivity contribution in [3.05, 3.63) is 6.54 Å². The van der Waals surface area contributed by atoms with E-state index in [4.69, 9.17) is 9.47 Å². The van der Waals surface area contributed by atoms with E-state index in [9.17, 15) is 0 Å². The van der Waals surface area contributed by atoms with Crippen LogP contribution in [0.25, 0.3) is 0 Å². The maximum atomic E-state index is 5.59. The fraction of sp³-hybridized carbons (Fsp3) is 0.875. The topological polar surface area (TPSA) is 33.7 Å². The van der Waals surface area contributed by atoms with Crippen molar-refractivity contribution in [2.24, 2.45) is 0 Å². The van der Waals surface area contributed by atoms with Gasteiger partial charge in [-0.25, -0.2) is 0 Å². The van der Waals surface area contributed by atoms with Crippen LogP contribution in [0.15, 0.2) is 0 Å². The molecule has 0 aromatic rings. The Balaban J connectivity index is 1.80. The largest absolute Gasteiger partial charge is 0.378 e. The lowest BCUT2D eigenvalue weighted by atomic mass is 10.3. The first kappa shape index (κ1) is 8.44. The second kappa shape index (κ2) is 4.18. The fourth-order valence-electron chi connectivity index (χ4n) is 1.52. The first-order chi connectivity index (χ1) is 5.97. The molecule has 0 amide bonds. The highest BCUT2D eigenvalue weighted by Crippen LogP contribution is 2.09. The fourth-order valence-corrected chi connectivity index (χ4v) is 1.52. The van der Waals surface area contributed by atoms with Crippen molar-refractivity contribution in [3.8, 4) is 0 Å². The lowest BCUT2D eigenvalue weighted by Gasteiger charge is -2.36. The SMILES string of the molecule is [CH]1COCCN1C1CNCCO1. The molecular weight excluding hydrogens is 156 g/mol. The monoisotopic (exact) mass is 171 g/mol. The van der Waals surface area contributed by atoms with E-state index in [1.165, 1.54) is 0 Å². The molecular formula is C8H15N2O2. The third-order valence-corrected chi connectivity index (χ3v) is 2.20. The summed E-state index contributed by atoms with van der Waals surface area (Å²) in [7, 11) is 0. The third-order valence-electron chi connectivity index (χ3n) is 2.20. The molecule has 0 bridgehead atoms. The Labute approximate surface area is 72.8 Å². The van der Waals surface area contributed by atoms with Gasteiger partial charge in [-0.3, -0.25) is 4.90 Å². The molecule has 4 nitrogen and oxygen atoms in total. The summed E-state index contributed by atoms with van der Waals surface area (Å²) in [4.78, 5) is 2.22. The lowest BCUT2D eigenvalue weighted by Crippen LogP contribution is -2.50. The molecule has 2 fully saturated rings. The van der Waals surface area contributed by atoms with Gasteiger partial charge in [-0.15, -0.1) is 0 Å². The number of morpholine rings is 2. The van der Waals surface area contributed by atoms with Crippen molar-refractivity contribution in [1.82, 2.24) is 10.2 Å². The Morgan fingerprint density at radius 3 is 3.08 bits per heavy atom. The Morgan fingerprint density at radius 2 is 2.42 bits per heavy atom. The maximum Gasteiger partial charge on any atom is 0.123 e. The van der Waals surface area contributed by atoms with Gasteiger partial charge in [-0.2, -0.15) is 0 Å². The van der Waals surface area contributed by atoms with Crippen LogP contribution in [0.5, 0.6) is 0 Å². The molecule has 2 aliphatic rings. The molecule has 1 radical (unpaired) electrons. The van der Waals surface area contributed by atoms with Crippen LogP contribution in [0, 0.1) is 6.54 Å². The maximum absolute atomic E-state index is 5.59. The van der Waals surface area contributed by atoms with Gasteiger partial charge < -0.3 is 14.8 Å². The zero-order chi connectivity index (χ0) is 8.23. The molecule has 2 aliphatic heterocycles. The van der Waals surface area contributed by atoms with Gasteiger partial charge in [0.25, 0.3) is 0 Å². The second-order valence-electron chi connectivity index (χ2n) is 3.02. The second-order valence-corrected chi connectivity index (χ2v) is 3.02. The highest BCUT2D eigenvalue weighted by molar-refractivity contribution is 4.78. The van der Waals surface area contributed by atoms with E-state index in [0.717, 1.165) is 39.5 Å². The Morgan fingerprint density at radius 1 is 1.42 bits per heavy atom. The molecule has 1 atom stereocenters. The summed E-state index contributed by atoms with van der Waals surface area (Å²) in [6.07, 6.45) is 0.225. The van der Waals surface area contributed by atoms with E-state index < -0.39 is 0 Å². The summed E-state index contributed by atoms with van der Waals surface area (Å²) in [5, 5.41) is 3.30. The van der Waals surface area contributed by atoms with Crippen LogP contribution in [0.4, 0.5) is 0 Å². The molecule has 0 spiro atoms. The van der Waals surface area contributed by atoms with Gasteiger partial charge in [-0.05, 0) is 0 Å². The molecule has 2 rings (SSSR count). The Kier molecular flexibility index (Phi) is 2.94. The number of nitrogens with zero attached hydrogens (tertiary/aromatic N) is 1. The summed E-state index contributed by atoms with van der Waals surface area (Å²) < 4.78 is 10.8.